The highest BCUT2D eigenvalue weighted by molar-refractivity contribution is 5.85. The van der Waals surface area contributed by atoms with E-state index in [1.54, 1.807) is 12.1 Å². The minimum absolute atomic E-state index is 0. The number of hydrogen-bond donors (Lipinski definition) is 3. The molecule has 2 aromatic carbocycles. The summed E-state index contributed by atoms with van der Waals surface area (Å²) in [5, 5.41) is 23.9. The molecule has 2 aromatic rings. The van der Waals surface area contributed by atoms with Crippen LogP contribution in [0.4, 0.5) is 8.78 Å². The van der Waals surface area contributed by atoms with Gasteiger partial charge in [0.25, 0.3) is 0 Å². The van der Waals surface area contributed by atoms with Gasteiger partial charge in [0.15, 0.2) is 0 Å². The second-order valence-electron chi connectivity index (χ2n) is 7.69. The van der Waals surface area contributed by atoms with Crippen LogP contribution < -0.4 is 14.8 Å². The van der Waals surface area contributed by atoms with Gasteiger partial charge in [0.1, 0.15) is 47.5 Å². The molecule has 30 heavy (non-hydrogen) atoms. The maximum Gasteiger partial charge on any atom is 0.126 e. The fourth-order valence-corrected chi connectivity index (χ4v) is 3.94. The summed E-state index contributed by atoms with van der Waals surface area (Å²) >= 11 is 0. The molecule has 0 bridgehead atoms. The van der Waals surface area contributed by atoms with Crippen molar-refractivity contribution in [1.29, 1.82) is 0 Å². The Bertz CT molecular complexity index is 800. The van der Waals surface area contributed by atoms with E-state index < -0.39 is 12.2 Å². The van der Waals surface area contributed by atoms with Crippen LogP contribution in [0, 0.1) is 11.6 Å². The molecule has 5 nitrogen and oxygen atoms in total. The molecular weight excluding hydrogens is 416 g/mol. The minimum atomic E-state index is -0.753. The highest BCUT2D eigenvalue weighted by Gasteiger charge is 2.29. The smallest absolute Gasteiger partial charge is 0.126 e. The van der Waals surface area contributed by atoms with Crippen LogP contribution in [0.5, 0.6) is 11.5 Å². The number of fused-ring (bicyclic) bond motifs is 2. The van der Waals surface area contributed by atoms with Gasteiger partial charge in [0, 0.05) is 13.1 Å². The minimum Gasteiger partial charge on any atom is -0.487 e. The molecule has 0 radical (unpaired) electrons. The number of rotatable bonds is 6. The van der Waals surface area contributed by atoms with E-state index >= 15 is 0 Å². The van der Waals surface area contributed by atoms with Crippen molar-refractivity contribution in [3.8, 4) is 11.5 Å². The van der Waals surface area contributed by atoms with Gasteiger partial charge in [0.05, 0.1) is 0 Å². The van der Waals surface area contributed by atoms with E-state index in [1.807, 2.05) is 0 Å². The van der Waals surface area contributed by atoms with Crippen molar-refractivity contribution in [1.82, 2.24) is 5.32 Å². The van der Waals surface area contributed by atoms with Crippen LogP contribution in [-0.4, -0.2) is 47.7 Å². The molecule has 0 aromatic heterocycles. The molecule has 0 spiro atoms. The van der Waals surface area contributed by atoms with Gasteiger partial charge in [-0.3, -0.25) is 0 Å². The second kappa shape index (κ2) is 9.92. The Morgan fingerprint density at radius 1 is 0.833 bits per heavy atom. The first kappa shape index (κ1) is 22.7. The van der Waals surface area contributed by atoms with Crippen molar-refractivity contribution < 1.29 is 28.5 Å². The summed E-state index contributed by atoms with van der Waals surface area (Å²) in [5.41, 5.74) is 1.62. The first-order chi connectivity index (χ1) is 14.0. The SMILES string of the molecule is Cl.OC(CNC[C@@H](O)[C@H]1CCc2cc(F)ccc2O1)[C@H]1CCc2cc(F)ccc2O1. The fourth-order valence-electron chi connectivity index (χ4n) is 3.94. The van der Waals surface area contributed by atoms with Gasteiger partial charge in [-0.25, -0.2) is 8.78 Å². The van der Waals surface area contributed by atoms with Crippen LogP contribution in [0.25, 0.3) is 0 Å². The largest absolute Gasteiger partial charge is 0.487 e. The predicted octanol–water partition coefficient (Wildman–Crippen LogP) is 2.79. The molecule has 4 atom stereocenters. The predicted molar refractivity (Wildman–Crippen MR) is 110 cm³/mol. The summed E-state index contributed by atoms with van der Waals surface area (Å²) in [7, 11) is 0. The Kier molecular flexibility index (Phi) is 7.52. The molecule has 2 aliphatic heterocycles. The lowest BCUT2D eigenvalue weighted by Gasteiger charge is -2.31. The molecule has 3 N–H and O–H groups in total. The van der Waals surface area contributed by atoms with E-state index in [4.69, 9.17) is 9.47 Å². The first-order valence-electron chi connectivity index (χ1n) is 9.96. The highest BCUT2D eigenvalue weighted by Crippen LogP contribution is 2.30. The summed E-state index contributed by atoms with van der Waals surface area (Å²) in [5.74, 6) is 0.624. The maximum atomic E-state index is 13.3. The Hall–Kier alpha value is -1.93. The molecule has 1 unspecified atom stereocenters. The zero-order chi connectivity index (χ0) is 20.4. The summed E-state index contributed by atoms with van der Waals surface area (Å²) < 4.78 is 38.2. The standard InChI is InChI=1S/C22H25F2NO4.ClH/c23-15-3-7-19-13(9-15)1-5-21(28-19)17(26)11-25-12-18(27)22-6-2-14-10-16(24)4-8-20(14)29-22;/h3-4,7-10,17-18,21-22,25-27H,1-2,5-6,11-12H2;1H/t17-,18?,21-,22-;/m1./s1. The molecular formula is C22H26ClF2NO4. The summed E-state index contributed by atoms with van der Waals surface area (Å²) in [6.07, 6.45) is 0.214. The van der Waals surface area contributed by atoms with Crippen molar-refractivity contribution in [3.63, 3.8) is 0 Å². The molecule has 164 valence electrons. The number of benzene rings is 2. The average Bonchev–Trinajstić information content (AvgIpc) is 2.72. The Balaban J connectivity index is 0.00000256. The van der Waals surface area contributed by atoms with E-state index in [2.05, 4.69) is 5.32 Å². The third-order valence-electron chi connectivity index (χ3n) is 5.56. The fraction of sp³-hybridized carbons (Fsp3) is 0.455. The molecule has 4 rings (SSSR count). The Morgan fingerprint density at radius 3 is 1.70 bits per heavy atom. The van der Waals surface area contributed by atoms with Gasteiger partial charge in [0.2, 0.25) is 0 Å². The summed E-state index contributed by atoms with van der Waals surface area (Å²) in [6, 6.07) is 8.79. The van der Waals surface area contributed by atoms with E-state index in [9.17, 15) is 19.0 Å². The van der Waals surface area contributed by atoms with E-state index in [0.29, 0.717) is 37.2 Å². The van der Waals surface area contributed by atoms with Crippen molar-refractivity contribution >= 4 is 12.4 Å². The molecule has 0 saturated heterocycles. The van der Waals surface area contributed by atoms with Crippen LogP contribution in [0.2, 0.25) is 0 Å². The maximum absolute atomic E-state index is 13.3. The Labute approximate surface area is 180 Å². The average molecular weight is 442 g/mol. The molecule has 2 heterocycles. The highest BCUT2D eigenvalue weighted by atomic mass is 35.5. The van der Waals surface area contributed by atoms with Gasteiger partial charge in [-0.2, -0.15) is 0 Å². The molecule has 0 fully saturated rings. The van der Waals surface area contributed by atoms with Crippen molar-refractivity contribution in [2.45, 2.75) is 50.1 Å². The van der Waals surface area contributed by atoms with Gasteiger partial charge in [-0.15, -0.1) is 12.4 Å². The van der Waals surface area contributed by atoms with Crippen molar-refractivity contribution in [2.75, 3.05) is 13.1 Å². The lowest BCUT2D eigenvalue weighted by Crippen LogP contribution is -2.46. The van der Waals surface area contributed by atoms with Crippen LogP contribution in [0.1, 0.15) is 24.0 Å². The monoisotopic (exact) mass is 441 g/mol. The van der Waals surface area contributed by atoms with Gasteiger partial charge >= 0.3 is 0 Å². The van der Waals surface area contributed by atoms with Crippen LogP contribution in [0.15, 0.2) is 36.4 Å². The Morgan fingerprint density at radius 2 is 1.27 bits per heavy atom. The van der Waals surface area contributed by atoms with Crippen LogP contribution >= 0.6 is 12.4 Å². The third kappa shape index (κ3) is 5.21. The normalized spacial score (nSPS) is 21.9. The number of aliphatic hydroxyl groups is 2. The lowest BCUT2D eigenvalue weighted by molar-refractivity contribution is 0.00892. The molecule has 2 aliphatic rings. The zero-order valence-corrected chi connectivity index (χ0v) is 17.2. The number of hydrogen-bond acceptors (Lipinski definition) is 5. The molecule has 0 amide bonds. The van der Waals surface area contributed by atoms with Crippen LogP contribution in [0.3, 0.4) is 0 Å². The number of aliphatic hydroxyl groups excluding tert-OH is 2. The summed E-state index contributed by atoms with van der Waals surface area (Å²) in [6.45, 7) is 0.513. The van der Waals surface area contributed by atoms with E-state index in [-0.39, 0.29) is 49.3 Å². The van der Waals surface area contributed by atoms with E-state index in [1.165, 1.54) is 24.3 Å². The number of halogens is 3. The van der Waals surface area contributed by atoms with Gasteiger partial charge in [-0.05, 0) is 73.2 Å². The number of nitrogens with one attached hydrogen (secondary N) is 1. The number of ether oxygens (including phenoxy) is 2. The summed E-state index contributed by atoms with van der Waals surface area (Å²) in [4.78, 5) is 0. The molecule has 8 heteroatoms. The van der Waals surface area contributed by atoms with Crippen LogP contribution in [-0.2, 0) is 12.8 Å². The number of aryl methyl sites for hydroxylation is 2. The van der Waals surface area contributed by atoms with E-state index in [0.717, 1.165) is 11.1 Å². The topological polar surface area (TPSA) is 71.0 Å². The van der Waals surface area contributed by atoms with Crippen molar-refractivity contribution in [2.24, 2.45) is 0 Å². The quantitative estimate of drug-likeness (QED) is 0.643. The zero-order valence-electron chi connectivity index (χ0n) is 16.4. The first-order valence-corrected chi connectivity index (χ1v) is 9.96. The third-order valence-corrected chi connectivity index (χ3v) is 5.56. The molecule has 0 saturated carbocycles. The van der Waals surface area contributed by atoms with Gasteiger partial charge in [-0.1, -0.05) is 0 Å². The van der Waals surface area contributed by atoms with Crippen molar-refractivity contribution in [3.05, 3.63) is 59.2 Å². The molecule has 0 aliphatic carbocycles. The van der Waals surface area contributed by atoms with Gasteiger partial charge < -0.3 is 25.0 Å². The lowest BCUT2D eigenvalue weighted by atomic mass is 9.98. The second-order valence-corrected chi connectivity index (χ2v) is 7.69.